The molecule has 1 heterocycles. The molecule has 0 amide bonds. The zero-order valence-corrected chi connectivity index (χ0v) is 8.38. The molecule has 74 valence electrons. The van der Waals surface area contributed by atoms with Gasteiger partial charge in [-0.05, 0) is 30.4 Å². The van der Waals surface area contributed by atoms with Gasteiger partial charge in [0.25, 0.3) is 0 Å². The van der Waals surface area contributed by atoms with Crippen molar-refractivity contribution in [3.05, 3.63) is 36.4 Å². The lowest BCUT2D eigenvalue weighted by atomic mass is 10.0. The van der Waals surface area contributed by atoms with Crippen LogP contribution in [0.3, 0.4) is 0 Å². The smallest absolute Gasteiger partial charge is 0.108 e. The van der Waals surface area contributed by atoms with E-state index in [9.17, 15) is 0 Å². The highest BCUT2D eigenvalue weighted by Gasteiger charge is 2.45. The fourth-order valence-corrected chi connectivity index (χ4v) is 2.47. The molecule has 1 spiro atoms. The molecule has 2 heteroatoms. The Morgan fingerprint density at radius 3 is 2.00 bits per heavy atom. The molecule has 1 aliphatic heterocycles. The fourth-order valence-electron chi connectivity index (χ4n) is 2.47. The van der Waals surface area contributed by atoms with Crippen LogP contribution in [-0.2, 0) is 0 Å². The summed E-state index contributed by atoms with van der Waals surface area (Å²) in [6.45, 7) is 0. The van der Waals surface area contributed by atoms with E-state index in [2.05, 4.69) is 47.0 Å². The predicted molar refractivity (Wildman–Crippen MR) is 63.2 cm³/mol. The third-order valence-electron chi connectivity index (χ3n) is 3.40. The Kier molecular flexibility index (Phi) is 1.15. The zero-order valence-electron chi connectivity index (χ0n) is 8.38. The van der Waals surface area contributed by atoms with E-state index in [1.807, 2.05) is 0 Å². The molecule has 15 heavy (non-hydrogen) atoms. The Balaban J connectivity index is 2.08. The molecular weight excluding hydrogens is 184 g/mol. The van der Waals surface area contributed by atoms with Crippen LogP contribution in [0.5, 0.6) is 0 Å². The van der Waals surface area contributed by atoms with Crippen molar-refractivity contribution in [3.8, 4) is 0 Å². The molecule has 0 atom stereocenters. The van der Waals surface area contributed by atoms with Gasteiger partial charge in [-0.25, -0.2) is 0 Å². The second-order valence-corrected chi connectivity index (χ2v) is 4.54. The number of nitrogens with one attached hydrogen (secondary N) is 2. The van der Waals surface area contributed by atoms with Crippen LogP contribution in [0.1, 0.15) is 12.8 Å². The first-order chi connectivity index (χ1) is 7.36. The summed E-state index contributed by atoms with van der Waals surface area (Å²) in [4.78, 5) is 0. The van der Waals surface area contributed by atoms with Crippen molar-refractivity contribution in [1.82, 2.24) is 0 Å². The van der Waals surface area contributed by atoms with Crippen molar-refractivity contribution in [2.75, 3.05) is 10.6 Å². The molecule has 2 nitrogen and oxygen atoms in total. The zero-order chi connectivity index (χ0) is 9.88. The van der Waals surface area contributed by atoms with Gasteiger partial charge in [0.2, 0.25) is 0 Å². The predicted octanol–water partition coefficient (Wildman–Crippen LogP) is 3.17. The van der Waals surface area contributed by atoms with Crippen molar-refractivity contribution in [2.24, 2.45) is 0 Å². The third-order valence-corrected chi connectivity index (χ3v) is 3.40. The van der Waals surface area contributed by atoms with E-state index in [4.69, 9.17) is 0 Å². The van der Waals surface area contributed by atoms with Crippen molar-refractivity contribution in [2.45, 2.75) is 18.5 Å². The Morgan fingerprint density at radius 1 is 0.867 bits per heavy atom. The molecule has 2 N–H and O–H groups in total. The van der Waals surface area contributed by atoms with Gasteiger partial charge in [-0.3, -0.25) is 0 Å². The summed E-state index contributed by atoms with van der Waals surface area (Å²) in [5.74, 6) is 0. The molecule has 2 aromatic carbocycles. The Bertz CT molecular complexity index is 513. The summed E-state index contributed by atoms with van der Waals surface area (Å²) < 4.78 is 0. The maximum Gasteiger partial charge on any atom is 0.108 e. The van der Waals surface area contributed by atoms with Gasteiger partial charge in [0.15, 0.2) is 0 Å². The molecule has 0 bridgehead atoms. The lowest BCUT2D eigenvalue weighted by Crippen LogP contribution is -2.33. The van der Waals surface area contributed by atoms with E-state index in [0.29, 0.717) is 0 Å². The van der Waals surface area contributed by atoms with Crippen molar-refractivity contribution in [3.63, 3.8) is 0 Å². The van der Waals surface area contributed by atoms with E-state index < -0.39 is 0 Å². The SMILES string of the molecule is c1cc2c3c(cccc3c1)NC1(CC1)N2. The van der Waals surface area contributed by atoms with E-state index in [1.165, 1.54) is 35.0 Å². The number of hydrogen-bond acceptors (Lipinski definition) is 2. The second-order valence-electron chi connectivity index (χ2n) is 4.54. The van der Waals surface area contributed by atoms with Crippen LogP contribution in [0.4, 0.5) is 11.4 Å². The number of hydrogen-bond donors (Lipinski definition) is 2. The summed E-state index contributed by atoms with van der Waals surface area (Å²) in [6, 6.07) is 12.9. The van der Waals surface area contributed by atoms with Gasteiger partial charge >= 0.3 is 0 Å². The van der Waals surface area contributed by atoms with Gasteiger partial charge in [0.05, 0.1) is 0 Å². The summed E-state index contributed by atoms with van der Waals surface area (Å²) >= 11 is 0. The van der Waals surface area contributed by atoms with Crippen LogP contribution < -0.4 is 10.6 Å². The van der Waals surface area contributed by atoms with Crippen molar-refractivity contribution in [1.29, 1.82) is 0 Å². The maximum absolute atomic E-state index is 3.60. The van der Waals surface area contributed by atoms with E-state index in [0.717, 1.165) is 0 Å². The Hall–Kier alpha value is -1.70. The molecule has 0 radical (unpaired) electrons. The molecule has 4 rings (SSSR count). The number of rotatable bonds is 0. The average molecular weight is 196 g/mol. The van der Waals surface area contributed by atoms with Crippen molar-refractivity contribution >= 4 is 22.1 Å². The average Bonchev–Trinajstić information content (AvgIpc) is 2.98. The largest absolute Gasteiger partial charge is 0.362 e. The lowest BCUT2D eigenvalue weighted by molar-refractivity contribution is 0.843. The highest BCUT2D eigenvalue weighted by Crippen LogP contribution is 2.47. The molecule has 2 aliphatic rings. The first-order valence-electron chi connectivity index (χ1n) is 5.45. The first-order valence-corrected chi connectivity index (χ1v) is 5.45. The van der Waals surface area contributed by atoms with Gasteiger partial charge in [0, 0.05) is 16.8 Å². The summed E-state index contributed by atoms with van der Waals surface area (Å²) in [6.07, 6.45) is 2.44. The molecule has 2 aromatic rings. The highest BCUT2D eigenvalue weighted by molar-refractivity contribution is 6.05. The standard InChI is InChI=1S/C13H12N2/c1-3-9-4-2-6-11-12(9)10(5-1)14-13(15-11)7-8-13/h1-6,14-15H,7-8H2. The van der Waals surface area contributed by atoms with Gasteiger partial charge in [-0.15, -0.1) is 0 Å². The third kappa shape index (κ3) is 0.938. The highest BCUT2D eigenvalue weighted by atomic mass is 15.3. The molecule has 1 aliphatic carbocycles. The van der Waals surface area contributed by atoms with Crippen LogP contribution in [0, 0.1) is 0 Å². The van der Waals surface area contributed by atoms with Crippen LogP contribution in [0.25, 0.3) is 10.8 Å². The molecule has 0 unspecified atom stereocenters. The van der Waals surface area contributed by atoms with Crippen LogP contribution in [-0.4, -0.2) is 5.66 Å². The Labute approximate surface area is 88.3 Å². The molecule has 1 saturated carbocycles. The lowest BCUT2D eigenvalue weighted by Gasteiger charge is -2.29. The summed E-state index contributed by atoms with van der Waals surface area (Å²) in [5, 5.41) is 9.84. The van der Waals surface area contributed by atoms with E-state index in [1.54, 1.807) is 0 Å². The minimum atomic E-state index is 0.169. The summed E-state index contributed by atoms with van der Waals surface area (Å²) in [5.41, 5.74) is 2.72. The van der Waals surface area contributed by atoms with Gasteiger partial charge < -0.3 is 10.6 Å². The maximum atomic E-state index is 3.60. The van der Waals surface area contributed by atoms with E-state index in [-0.39, 0.29) is 5.66 Å². The normalized spacial score (nSPS) is 19.7. The van der Waals surface area contributed by atoms with Crippen LogP contribution in [0.2, 0.25) is 0 Å². The Morgan fingerprint density at radius 2 is 1.47 bits per heavy atom. The fraction of sp³-hybridized carbons (Fsp3) is 0.231. The topological polar surface area (TPSA) is 24.1 Å². The number of anilines is 2. The summed E-state index contributed by atoms with van der Waals surface area (Å²) in [7, 11) is 0. The molecule has 0 saturated heterocycles. The molecular formula is C13H12N2. The van der Waals surface area contributed by atoms with Crippen molar-refractivity contribution < 1.29 is 0 Å². The minimum Gasteiger partial charge on any atom is -0.362 e. The second kappa shape index (κ2) is 2.27. The van der Waals surface area contributed by atoms with Gasteiger partial charge in [0.1, 0.15) is 5.66 Å². The quantitative estimate of drug-likeness (QED) is 0.676. The number of benzene rings is 2. The van der Waals surface area contributed by atoms with Gasteiger partial charge in [-0.2, -0.15) is 0 Å². The molecule has 0 aromatic heterocycles. The van der Waals surface area contributed by atoms with Crippen LogP contribution in [0.15, 0.2) is 36.4 Å². The molecule has 1 fully saturated rings. The van der Waals surface area contributed by atoms with E-state index >= 15 is 0 Å². The van der Waals surface area contributed by atoms with Gasteiger partial charge in [-0.1, -0.05) is 24.3 Å². The minimum absolute atomic E-state index is 0.169. The monoisotopic (exact) mass is 196 g/mol. The van der Waals surface area contributed by atoms with Crippen LogP contribution >= 0.6 is 0 Å². The first kappa shape index (κ1) is 7.57.